The molecule has 4 aliphatic heterocycles. The first-order valence-corrected chi connectivity index (χ1v) is 22.4. The molecular weight excluding hydrogens is 618 g/mol. The molecule has 2 radical (unpaired) electrons. The van der Waals surface area contributed by atoms with Gasteiger partial charge < -0.3 is 20.7 Å². The largest absolute Gasteiger partial charge is 0.481 e. The molecule has 0 aromatic heterocycles. The number of carbonyl (C=O) groups is 1. The van der Waals surface area contributed by atoms with Gasteiger partial charge in [-0.3, -0.25) is 4.79 Å². The van der Waals surface area contributed by atoms with Crippen LogP contribution in [0, 0.1) is 0 Å². The molecule has 4 fully saturated rings. The molecule has 12 heteroatoms. The standard InChI is InChI=1S/C8H17NS2.C8H14O2S2.C8H16OS2.C4H7BO/c9-6-3-1-2-4-8-5-7-10-11-8;9-8(10)4-2-1-3-7-5-6-11-12-7;9-6-3-1-2-4-8-5-7-10-11-8;5-4-2-1-3-6-4/h8H,1-7,9H2;7H,1-6H2,(H,9,10);8-9H,1-7H2;4H,1-3H2. The zero-order chi connectivity index (χ0) is 29.1. The number of carboxylic acid groups (broad SMARTS) is 1. The molecule has 0 spiro atoms. The summed E-state index contributed by atoms with van der Waals surface area (Å²) in [6.07, 6.45) is 20.0. The summed E-state index contributed by atoms with van der Waals surface area (Å²) in [4.78, 5) is 10.2. The average Bonchev–Trinajstić information content (AvgIpc) is 3.78. The molecule has 0 bridgehead atoms. The summed E-state index contributed by atoms with van der Waals surface area (Å²) < 4.78 is 4.93. The van der Waals surface area contributed by atoms with Crippen LogP contribution in [0.2, 0.25) is 0 Å². The van der Waals surface area contributed by atoms with Crippen LogP contribution in [0.5, 0.6) is 0 Å². The maximum absolute atomic E-state index is 10.2. The van der Waals surface area contributed by atoms with Crippen molar-refractivity contribution in [2.75, 3.05) is 37.0 Å². The van der Waals surface area contributed by atoms with Gasteiger partial charge in [-0.05, 0) is 77.2 Å². The second-order valence-electron chi connectivity index (χ2n) is 10.4. The minimum absolute atomic E-state index is 0.0463. The number of aliphatic carboxylic acids is 1. The molecule has 4 unspecified atom stereocenters. The van der Waals surface area contributed by atoms with E-state index >= 15 is 0 Å². The van der Waals surface area contributed by atoms with Crippen molar-refractivity contribution in [3.63, 3.8) is 0 Å². The van der Waals surface area contributed by atoms with Crippen LogP contribution in [-0.2, 0) is 9.53 Å². The van der Waals surface area contributed by atoms with E-state index in [4.69, 9.17) is 28.5 Å². The zero-order valence-corrected chi connectivity index (χ0v) is 29.3. The summed E-state index contributed by atoms with van der Waals surface area (Å²) in [5.41, 5.74) is 5.41. The Kier molecular flexibility index (Phi) is 28.9. The number of nitrogens with two attached hydrogens (primary N) is 1. The van der Waals surface area contributed by atoms with Gasteiger partial charge in [-0.15, -0.1) is 0 Å². The minimum atomic E-state index is -0.663. The second-order valence-corrected chi connectivity index (χ2v) is 18.8. The number of aliphatic hydroxyl groups is 1. The third-order valence-corrected chi connectivity index (χ3v) is 15.7. The number of aliphatic hydroxyl groups excluding tert-OH is 1. The molecule has 0 aromatic carbocycles. The Bertz CT molecular complexity index is 539. The first kappa shape index (κ1) is 39.5. The van der Waals surface area contributed by atoms with Crippen molar-refractivity contribution in [2.45, 2.75) is 131 Å². The molecule has 4 heterocycles. The monoisotopic (exact) mass is 671 g/mol. The Morgan fingerprint density at radius 3 is 1.57 bits per heavy atom. The van der Waals surface area contributed by atoms with Crippen molar-refractivity contribution in [1.82, 2.24) is 0 Å². The molecule has 4 rings (SSSR count). The Hall–Kier alpha value is 1.51. The maximum Gasteiger partial charge on any atom is 0.303 e. The highest BCUT2D eigenvalue weighted by Gasteiger charge is 2.17. The predicted molar refractivity (Wildman–Crippen MR) is 189 cm³/mol. The van der Waals surface area contributed by atoms with Crippen molar-refractivity contribution in [3.05, 3.63) is 0 Å². The van der Waals surface area contributed by atoms with Gasteiger partial charge >= 0.3 is 5.97 Å². The van der Waals surface area contributed by atoms with Gasteiger partial charge in [0.05, 0.1) is 0 Å². The van der Waals surface area contributed by atoms with Crippen molar-refractivity contribution >= 4 is 78.6 Å². The van der Waals surface area contributed by atoms with Crippen LogP contribution in [0.3, 0.4) is 0 Å². The summed E-state index contributed by atoms with van der Waals surface area (Å²) in [6.45, 7) is 2.10. The molecule has 4 saturated heterocycles. The van der Waals surface area contributed by atoms with Crippen LogP contribution >= 0.6 is 64.8 Å². The zero-order valence-electron chi connectivity index (χ0n) is 24.4. The van der Waals surface area contributed by atoms with Crippen LogP contribution in [0.1, 0.15) is 109 Å². The van der Waals surface area contributed by atoms with E-state index in [1.165, 1.54) is 87.9 Å². The number of hydrogen-bond donors (Lipinski definition) is 3. The van der Waals surface area contributed by atoms with E-state index in [0.29, 0.717) is 13.0 Å². The fourth-order valence-corrected chi connectivity index (χ4v) is 13.4. The maximum atomic E-state index is 10.2. The fraction of sp³-hybridized carbons (Fsp3) is 0.964. The van der Waals surface area contributed by atoms with Gasteiger partial charge in [0.2, 0.25) is 0 Å². The Balaban J connectivity index is 0.000000273. The molecule has 40 heavy (non-hydrogen) atoms. The Morgan fingerprint density at radius 1 is 0.750 bits per heavy atom. The van der Waals surface area contributed by atoms with E-state index in [0.717, 1.165) is 61.0 Å². The number of hydrogen-bond acceptors (Lipinski definition) is 10. The normalized spacial score (nSPS) is 25.4. The lowest BCUT2D eigenvalue weighted by Gasteiger charge is -2.05. The van der Waals surface area contributed by atoms with E-state index in [2.05, 4.69) is 21.6 Å². The summed E-state index contributed by atoms with van der Waals surface area (Å²) in [7, 11) is 17.4. The van der Waals surface area contributed by atoms with Crippen molar-refractivity contribution in [1.29, 1.82) is 0 Å². The van der Waals surface area contributed by atoms with Crippen molar-refractivity contribution in [3.8, 4) is 0 Å². The van der Waals surface area contributed by atoms with Crippen molar-refractivity contribution in [2.24, 2.45) is 5.73 Å². The number of carboxylic acids is 1. The highest BCUT2D eigenvalue weighted by atomic mass is 33.1. The summed E-state index contributed by atoms with van der Waals surface area (Å²) >= 11 is 0. The van der Waals surface area contributed by atoms with Gasteiger partial charge in [-0.2, -0.15) is 0 Å². The lowest BCUT2D eigenvalue weighted by atomic mass is 9.98. The summed E-state index contributed by atoms with van der Waals surface area (Å²) in [6, 6.07) is 0.0463. The van der Waals surface area contributed by atoms with E-state index in [-0.39, 0.29) is 6.00 Å². The van der Waals surface area contributed by atoms with Gasteiger partial charge in [0.15, 0.2) is 0 Å². The molecule has 4 atom stereocenters. The van der Waals surface area contributed by atoms with Gasteiger partial charge in [0, 0.05) is 58.6 Å². The highest BCUT2D eigenvalue weighted by Crippen LogP contribution is 2.41. The van der Waals surface area contributed by atoms with Gasteiger partial charge in [-0.1, -0.05) is 96.9 Å². The number of rotatable bonds is 15. The van der Waals surface area contributed by atoms with E-state index in [1.807, 2.05) is 43.2 Å². The smallest absolute Gasteiger partial charge is 0.303 e. The third-order valence-electron chi connectivity index (χ3n) is 6.73. The fourth-order valence-electron chi connectivity index (χ4n) is 4.30. The third kappa shape index (κ3) is 24.9. The summed E-state index contributed by atoms with van der Waals surface area (Å²) in [5, 5.41) is 19.6. The quantitative estimate of drug-likeness (QED) is 0.0890. The topological polar surface area (TPSA) is 92.8 Å². The van der Waals surface area contributed by atoms with Crippen LogP contribution in [0.15, 0.2) is 0 Å². The minimum Gasteiger partial charge on any atom is -0.481 e. The Morgan fingerprint density at radius 2 is 1.25 bits per heavy atom. The molecule has 4 aliphatic rings. The van der Waals surface area contributed by atoms with Gasteiger partial charge in [0.25, 0.3) is 0 Å². The molecule has 0 aromatic rings. The van der Waals surface area contributed by atoms with Crippen molar-refractivity contribution < 1.29 is 19.7 Å². The van der Waals surface area contributed by atoms with Crippen LogP contribution in [0.4, 0.5) is 0 Å². The predicted octanol–water partition coefficient (Wildman–Crippen LogP) is 8.43. The number of unbranched alkanes of at least 4 members (excludes halogenated alkanes) is 5. The lowest BCUT2D eigenvalue weighted by Crippen LogP contribution is -2.01. The molecular formula is C28H54BNO4S6. The van der Waals surface area contributed by atoms with Gasteiger partial charge in [0.1, 0.15) is 7.85 Å². The van der Waals surface area contributed by atoms with E-state index < -0.39 is 5.97 Å². The molecule has 4 N–H and O–H groups in total. The summed E-state index contributed by atoms with van der Waals surface area (Å²) in [5.74, 6) is 3.32. The molecule has 234 valence electrons. The average molecular weight is 672 g/mol. The molecule has 0 aliphatic carbocycles. The van der Waals surface area contributed by atoms with Gasteiger partial charge in [-0.25, -0.2) is 0 Å². The molecule has 0 saturated carbocycles. The second kappa shape index (κ2) is 29.2. The first-order chi connectivity index (χ1) is 19.5. The van der Waals surface area contributed by atoms with Crippen LogP contribution < -0.4 is 5.73 Å². The highest BCUT2D eigenvalue weighted by molar-refractivity contribution is 8.78. The van der Waals surface area contributed by atoms with Crippen LogP contribution in [-0.4, -0.2) is 82.8 Å². The molecule has 5 nitrogen and oxygen atoms in total. The van der Waals surface area contributed by atoms with E-state index in [1.54, 1.807) is 0 Å². The van der Waals surface area contributed by atoms with Crippen LogP contribution in [0.25, 0.3) is 0 Å². The van der Waals surface area contributed by atoms with E-state index in [9.17, 15) is 4.79 Å². The SMILES string of the molecule is NCCCCCC1CCSS1.O=C(O)CCCCC1CCSS1.OCCCCCC1CCSS1.[B]C1CCCO1. The molecule has 0 amide bonds. The number of ether oxygens (including phenoxy) is 1. The lowest BCUT2D eigenvalue weighted by molar-refractivity contribution is -0.137. The first-order valence-electron chi connectivity index (χ1n) is 15.3. The Labute approximate surface area is 270 Å².